The van der Waals surface area contributed by atoms with Gasteiger partial charge < -0.3 is 10.0 Å². The number of likely N-dealkylation sites (tertiary alicyclic amines) is 1. The largest absolute Gasteiger partial charge is 0.394 e. The minimum absolute atomic E-state index is 0.0142. The zero-order valence-electron chi connectivity index (χ0n) is 12.9. The predicted octanol–water partition coefficient (Wildman–Crippen LogP) is 3.02. The Morgan fingerprint density at radius 2 is 2.09 bits per heavy atom. The van der Waals surface area contributed by atoms with E-state index in [1.54, 1.807) is 16.2 Å². The van der Waals surface area contributed by atoms with Crippen LogP contribution in [0.3, 0.4) is 0 Å². The van der Waals surface area contributed by atoms with Gasteiger partial charge in [0.2, 0.25) is 0 Å². The molecule has 1 amide bonds. The highest BCUT2D eigenvalue weighted by molar-refractivity contribution is 7.15. The molecule has 0 spiro atoms. The zero-order valence-corrected chi connectivity index (χ0v) is 13.7. The Labute approximate surface area is 134 Å². The maximum Gasteiger partial charge on any atom is 0.254 e. The predicted molar refractivity (Wildman–Crippen MR) is 88.2 cm³/mol. The molecule has 0 aliphatic carbocycles. The smallest absolute Gasteiger partial charge is 0.254 e. The number of benzene rings is 1. The van der Waals surface area contributed by atoms with E-state index in [1.807, 2.05) is 38.1 Å². The molecule has 0 saturated carbocycles. The molecule has 1 atom stereocenters. The number of carbonyl (C=O) groups is 1. The molecule has 116 valence electrons. The summed E-state index contributed by atoms with van der Waals surface area (Å²) in [5.41, 5.74) is 2.81. The molecule has 1 N–H and O–H groups in total. The van der Waals surface area contributed by atoms with E-state index >= 15 is 0 Å². The second-order valence-electron chi connectivity index (χ2n) is 5.70. The van der Waals surface area contributed by atoms with Crippen molar-refractivity contribution >= 4 is 17.2 Å². The Kier molecular flexibility index (Phi) is 4.27. The normalized spacial score (nSPS) is 18.0. The van der Waals surface area contributed by atoms with Crippen molar-refractivity contribution in [1.82, 2.24) is 9.88 Å². The number of thiazole rings is 1. The number of hydrogen-bond donors (Lipinski definition) is 1. The van der Waals surface area contributed by atoms with Crippen molar-refractivity contribution in [2.45, 2.75) is 32.7 Å². The first-order chi connectivity index (χ1) is 10.6. The number of amides is 1. The van der Waals surface area contributed by atoms with Crippen molar-refractivity contribution in [3.05, 3.63) is 40.5 Å². The molecule has 0 unspecified atom stereocenters. The number of aliphatic hydroxyl groups is 1. The lowest BCUT2D eigenvalue weighted by Gasteiger charge is -2.23. The van der Waals surface area contributed by atoms with Crippen molar-refractivity contribution in [3.8, 4) is 10.4 Å². The Bertz CT molecular complexity index is 678. The molecule has 2 aromatic rings. The highest BCUT2D eigenvalue weighted by atomic mass is 32.1. The molecule has 5 heteroatoms. The fourth-order valence-corrected chi connectivity index (χ4v) is 3.95. The van der Waals surface area contributed by atoms with E-state index in [0.29, 0.717) is 5.56 Å². The van der Waals surface area contributed by atoms with E-state index in [2.05, 4.69) is 4.98 Å². The lowest BCUT2D eigenvalue weighted by atomic mass is 10.1. The fourth-order valence-electron chi connectivity index (χ4n) is 3.02. The minimum atomic E-state index is -0.0291. The molecule has 3 rings (SSSR count). The molecule has 2 heterocycles. The lowest BCUT2D eigenvalue weighted by molar-refractivity contribution is 0.0677. The van der Waals surface area contributed by atoms with Gasteiger partial charge in [-0.25, -0.2) is 4.98 Å². The third-order valence-electron chi connectivity index (χ3n) is 4.15. The summed E-state index contributed by atoms with van der Waals surface area (Å²) in [6.07, 6.45) is 1.86. The molecule has 1 aromatic carbocycles. The van der Waals surface area contributed by atoms with Crippen molar-refractivity contribution in [2.24, 2.45) is 0 Å². The summed E-state index contributed by atoms with van der Waals surface area (Å²) in [6.45, 7) is 4.79. The van der Waals surface area contributed by atoms with Gasteiger partial charge in [0.1, 0.15) is 0 Å². The van der Waals surface area contributed by atoms with Gasteiger partial charge in [-0.1, -0.05) is 12.1 Å². The molecule has 0 bridgehead atoms. The maximum atomic E-state index is 12.5. The molecule has 1 aliphatic heterocycles. The second-order valence-corrected chi connectivity index (χ2v) is 6.91. The molecular formula is C17H20N2O2S. The van der Waals surface area contributed by atoms with E-state index in [4.69, 9.17) is 0 Å². The van der Waals surface area contributed by atoms with Crippen LogP contribution in [-0.2, 0) is 0 Å². The van der Waals surface area contributed by atoms with Crippen molar-refractivity contribution in [2.75, 3.05) is 13.2 Å². The van der Waals surface area contributed by atoms with Crippen LogP contribution in [0.15, 0.2) is 24.3 Å². The summed E-state index contributed by atoms with van der Waals surface area (Å²) in [5.74, 6) is 0.0142. The number of aliphatic hydroxyl groups excluding tert-OH is 1. The van der Waals surface area contributed by atoms with Crippen LogP contribution in [0.25, 0.3) is 10.4 Å². The van der Waals surface area contributed by atoms with Gasteiger partial charge in [-0.2, -0.15) is 0 Å². The van der Waals surface area contributed by atoms with E-state index in [1.165, 1.54) is 0 Å². The maximum absolute atomic E-state index is 12.5. The summed E-state index contributed by atoms with van der Waals surface area (Å²) in [7, 11) is 0. The lowest BCUT2D eigenvalue weighted by Crippen LogP contribution is -2.37. The van der Waals surface area contributed by atoms with Gasteiger partial charge in [0.05, 0.1) is 28.2 Å². The van der Waals surface area contributed by atoms with E-state index in [9.17, 15) is 9.90 Å². The average molecular weight is 316 g/mol. The van der Waals surface area contributed by atoms with Crippen molar-refractivity contribution < 1.29 is 9.90 Å². The van der Waals surface area contributed by atoms with E-state index < -0.39 is 0 Å². The molecule has 22 heavy (non-hydrogen) atoms. The van der Waals surface area contributed by atoms with Gasteiger partial charge in [-0.05, 0) is 44.4 Å². The Hall–Kier alpha value is -1.72. The number of aryl methyl sites for hydroxylation is 2. The van der Waals surface area contributed by atoms with Gasteiger partial charge in [0, 0.05) is 12.1 Å². The van der Waals surface area contributed by atoms with E-state index in [-0.39, 0.29) is 18.6 Å². The second kappa shape index (κ2) is 6.18. The number of carbonyl (C=O) groups excluding carboxylic acids is 1. The number of nitrogens with zero attached hydrogens (tertiary/aromatic N) is 2. The molecule has 1 aromatic heterocycles. The third-order valence-corrected chi connectivity index (χ3v) is 5.27. The first kappa shape index (κ1) is 15.2. The number of hydrogen-bond acceptors (Lipinski definition) is 4. The summed E-state index contributed by atoms with van der Waals surface area (Å²) in [6, 6.07) is 7.69. The quantitative estimate of drug-likeness (QED) is 0.947. The summed E-state index contributed by atoms with van der Waals surface area (Å²) in [4.78, 5) is 19.9. The molecule has 0 radical (unpaired) electrons. The molecule has 1 aliphatic rings. The highest BCUT2D eigenvalue weighted by Crippen LogP contribution is 2.30. The third kappa shape index (κ3) is 2.78. The fraction of sp³-hybridized carbons (Fsp3) is 0.412. The first-order valence-electron chi connectivity index (χ1n) is 7.56. The monoisotopic (exact) mass is 316 g/mol. The zero-order chi connectivity index (χ0) is 15.7. The molecule has 1 fully saturated rings. The van der Waals surface area contributed by atoms with Gasteiger partial charge in [0.15, 0.2) is 0 Å². The van der Waals surface area contributed by atoms with Crippen LogP contribution in [0.5, 0.6) is 0 Å². The standard InChI is InChI=1S/C17H20N2O2S/c1-11-16(22-12(2)18-11)13-5-7-14(8-6-13)17(21)19-9-3-4-15(19)10-20/h5-8,15,20H,3-4,9-10H2,1-2H3/t15-/m0/s1. The van der Waals surface area contributed by atoms with Crippen molar-refractivity contribution in [1.29, 1.82) is 0 Å². The van der Waals surface area contributed by atoms with E-state index in [0.717, 1.165) is 40.5 Å². The first-order valence-corrected chi connectivity index (χ1v) is 8.38. The summed E-state index contributed by atoms with van der Waals surface area (Å²) in [5, 5.41) is 10.4. The van der Waals surface area contributed by atoms with Crippen LogP contribution in [0.1, 0.15) is 33.9 Å². The molecule has 1 saturated heterocycles. The van der Waals surface area contributed by atoms with Gasteiger partial charge in [0.25, 0.3) is 5.91 Å². The van der Waals surface area contributed by atoms with Crippen molar-refractivity contribution in [3.63, 3.8) is 0 Å². The van der Waals surface area contributed by atoms with Crippen LogP contribution in [0.4, 0.5) is 0 Å². The van der Waals surface area contributed by atoms with Gasteiger partial charge in [-0.3, -0.25) is 4.79 Å². The SMILES string of the molecule is Cc1nc(C)c(-c2ccc(C(=O)N3CCC[C@H]3CO)cc2)s1. The Morgan fingerprint density at radius 1 is 1.36 bits per heavy atom. The van der Waals surface area contributed by atoms with Crippen LogP contribution in [0, 0.1) is 13.8 Å². The van der Waals surface area contributed by atoms with Gasteiger partial charge in [-0.15, -0.1) is 11.3 Å². The molecular weight excluding hydrogens is 296 g/mol. The highest BCUT2D eigenvalue weighted by Gasteiger charge is 2.28. The average Bonchev–Trinajstić information content (AvgIpc) is 3.12. The minimum Gasteiger partial charge on any atom is -0.394 e. The number of aromatic nitrogens is 1. The summed E-state index contributed by atoms with van der Waals surface area (Å²) < 4.78 is 0. The number of rotatable bonds is 3. The molecule has 4 nitrogen and oxygen atoms in total. The summed E-state index contributed by atoms with van der Waals surface area (Å²) >= 11 is 1.67. The topological polar surface area (TPSA) is 53.4 Å². The van der Waals surface area contributed by atoms with Gasteiger partial charge >= 0.3 is 0 Å². The van der Waals surface area contributed by atoms with Crippen LogP contribution < -0.4 is 0 Å². The Morgan fingerprint density at radius 3 is 2.68 bits per heavy atom. The Balaban J connectivity index is 1.82. The van der Waals surface area contributed by atoms with Crippen LogP contribution in [-0.4, -0.2) is 40.1 Å². The van der Waals surface area contributed by atoms with Crippen LogP contribution >= 0.6 is 11.3 Å². The van der Waals surface area contributed by atoms with Crippen LogP contribution in [0.2, 0.25) is 0 Å².